The SMILES string of the molecule is COCC1(CO)CCN(c2nc(-c3ccncc3)nc(C)c2C)C1. The molecule has 0 radical (unpaired) electrons. The van der Waals surface area contributed by atoms with Crippen molar-refractivity contribution in [1.29, 1.82) is 0 Å². The molecule has 6 nitrogen and oxygen atoms in total. The Kier molecular flexibility index (Phi) is 4.78. The zero-order valence-electron chi connectivity index (χ0n) is 14.5. The molecule has 1 atom stereocenters. The normalized spacial score (nSPS) is 20.6. The van der Waals surface area contributed by atoms with E-state index in [1.807, 2.05) is 19.1 Å². The van der Waals surface area contributed by atoms with Gasteiger partial charge in [-0.2, -0.15) is 0 Å². The van der Waals surface area contributed by atoms with Gasteiger partial charge >= 0.3 is 0 Å². The highest BCUT2D eigenvalue weighted by Crippen LogP contribution is 2.35. The molecule has 1 saturated heterocycles. The van der Waals surface area contributed by atoms with E-state index in [0.29, 0.717) is 12.4 Å². The summed E-state index contributed by atoms with van der Waals surface area (Å²) in [5.74, 6) is 1.66. The van der Waals surface area contributed by atoms with E-state index < -0.39 is 0 Å². The van der Waals surface area contributed by atoms with Crippen LogP contribution in [-0.2, 0) is 4.74 Å². The molecule has 1 N–H and O–H groups in total. The Morgan fingerprint density at radius 1 is 1.25 bits per heavy atom. The van der Waals surface area contributed by atoms with Crippen molar-refractivity contribution < 1.29 is 9.84 Å². The van der Waals surface area contributed by atoms with Gasteiger partial charge in [0.25, 0.3) is 0 Å². The molecule has 1 aliphatic rings. The largest absolute Gasteiger partial charge is 0.396 e. The first-order valence-electron chi connectivity index (χ1n) is 8.19. The van der Waals surface area contributed by atoms with E-state index in [2.05, 4.69) is 21.8 Å². The molecule has 2 aromatic heterocycles. The number of pyridine rings is 1. The second-order valence-corrected chi connectivity index (χ2v) is 6.58. The summed E-state index contributed by atoms with van der Waals surface area (Å²) < 4.78 is 5.32. The molecule has 6 heteroatoms. The zero-order valence-corrected chi connectivity index (χ0v) is 14.5. The number of aliphatic hydroxyl groups excluding tert-OH is 1. The van der Waals surface area contributed by atoms with Crippen LogP contribution in [0.2, 0.25) is 0 Å². The van der Waals surface area contributed by atoms with Gasteiger partial charge in [-0.15, -0.1) is 0 Å². The smallest absolute Gasteiger partial charge is 0.161 e. The Labute approximate surface area is 142 Å². The molecule has 0 aromatic carbocycles. The number of rotatable bonds is 5. The zero-order chi connectivity index (χ0) is 17.2. The summed E-state index contributed by atoms with van der Waals surface area (Å²) in [6.07, 6.45) is 4.39. The van der Waals surface area contributed by atoms with Crippen LogP contribution < -0.4 is 4.90 Å². The first-order chi connectivity index (χ1) is 11.6. The maximum atomic E-state index is 9.82. The number of methoxy groups -OCH3 is 1. The van der Waals surface area contributed by atoms with Gasteiger partial charge in [0.15, 0.2) is 5.82 Å². The number of aliphatic hydroxyl groups is 1. The van der Waals surface area contributed by atoms with Gasteiger partial charge in [-0.1, -0.05) is 0 Å². The quantitative estimate of drug-likeness (QED) is 0.905. The number of hydrogen-bond donors (Lipinski definition) is 1. The van der Waals surface area contributed by atoms with Gasteiger partial charge in [-0.05, 0) is 32.4 Å². The van der Waals surface area contributed by atoms with E-state index in [4.69, 9.17) is 9.72 Å². The van der Waals surface area contributed by atoms with Crippen LogP contribution >= 0.6 is 0 Å². The fourth-order valence-corrected chi connectivity index (χ4v) is 3.27. The molecule has 0 bridgehead atoms. The van der Waals surface area contributed by atoms with E-state index in [9.17, 15) is 5.11 Å². The highest BCUT2D eigenvalue weighted by Gasteiger charge is 2.39. The van der Waals surface area contributed by atoms with Crippen molar-refractivity contribution in [3.63, 3.8) is 0 Å². The summed E-state index contributed by atoms with van der Waals surface area (Å²) in [7, 11) is 1.68. The molecule has 0 spiro atoms. The monoisotopic (exact) mass is 328 g/mol. The average molecular weight is 328 g/mol. The average Bonchev–Trinajstić information content (AvgIpc) is 3.03. The Hall–Kier alpha value is -2.05. The third-order valence-electron chi connectivity index (χ3n) is 4.83. The highest BCUT2D eigenvalue weighted by atomic mass is 16.5. The molecule has 1 unspecified atom stereocenters. The van der Waals surface area contributed by atoms with Crippen LogP contribution in [0.3, 0.4) is 0 Å². The topological polar surface area (TPSA) is 71.4 Å². The van der Waals surface area contributed by atoms with Crippen LogP contribution in [0.5, 0.6) is 0 Å². The standard InChI is InChI=1S/C18H24N4O2/c1-13-14(2)20-16(15-4-7-19-8-5-15)21-17(13)22-9-6-18(10-22,11-23)12-24-3/h4-5,7-8,23H,6,9-12H2,1-3H3. The third-order valence-corrected chi connectivity index (χ3v) is 4.83. The fraction of sp³-hybridized carbons (Fsp3) is 0.500. The fourth-order valence-electron chi connectivity index (χ4n) is 3.27. The van der Waals surface area contributed by atoms with Crippen molar-refractivity contribution in [3.05, 3.63) is 35.8 Å². The molecule has 0 saturated carbocycles. The van der Waals surface area contributed by atoms with Gasteiger partial charge < -0.3 is 14.7 Å². The minimum absolute atomic E-state index is 0.123. The predicted octanol–water partition coefficient (Wildman–Crippen LogP) is 1.99. The summed E-state index contributed by atoms with van der Waals surface area (Å²) in [6.45, 7) is 6.34. The lowest BCUT2D eigenvalue weighted by Crippen LogP contribution is -2.35. The van der Waals surface area contributed by atoms with Gasteiger partial charge in [0, 0.05) is 54.8 Å². The molecule has 1 aliphatic heterocycles. The van der Waals surface area contributed by atoms with Crippen LogP contribution in [0.1, 0.15) is 17.7 Å². The van der Waals surface area contributed by atoms with Crippen LogP contribution in [0.15, 0.2) is 24.5 Å². The Bertz CT molecular complexity index is 708. The van der Waals surface area contributed by atoms with Crippen LogP contribution in [0, 0.1) is 19.3 Å². The predicted molar refractivity (Wildman–Crippen MR) is 93.0 cm³/mol. The first kappa shape index (κ1) is 16.8. The van der Waals surface area contributed by atoms with Crippen LogP contribution in [0.25, 0.3) is 11.4 Å². The van der Waals surface area contributed by atoms with Gasteiger partial charge in [0.05, 0.1) is 13.2 Å². The second kappa shape index (κ2) is 6.83. The summed E-state index contributed by atoms with van der Waals surface area (Å²) in [5.41, 5.74) is 2.80. The summed E-state index contributed by atoms with van der Waals surface area (Å²) in [5, 5.41) is 9.82. The molecule has 2 aromatic rings. The van der Waals surface area contributed by atoms with Crippen LogP contribution in [0.4, 0.5) is 5.82 Å². The Morgan fingerprint density at radius 2 is 2.00 bits per heavy atom. The second-order valence-electron chi connectivity index (χ2n) is 6.58. The molecular weight excluding hydrogens is 304 g/mol. The molecule has 3 heterocycles. The van der Waals surface area contributed by atoms with E-state index in [1.165, 1.54) is 0 Å². The van der Waals surface area contributed by atoms with Crippen molar-refractivity contribution >= 4 is 5.82 Å². The van der Waals surface area contributed by atoms with Gasteiger partial charge in [-0.3, -0.25) is 4.98 Å². The number of aromatic nitrogens is 3. The lowest BCUT2D eigenvalue weighted by molar-refractivity contribution is 0.0447. The van der Waals surface area contributed by atoms with E-state index in [-0.39, 0.29) is 12.0 Å². The number of anilines is 1. The van der Waals surface area contributed by atoms with Crippen molar-refractivity contribution in [2.75, 3.05) is 38.3 Å². The molecular formula is C18H24N4O2. The van der Waals surface area contributed by atoms with Gasteiger partial charge in [-0.25, -0.2) is 9.97 Å². The van der Waals surface area contributed by atoms with Crippen molar-refractivity contribution in [2.24, 2.45) is 5.41 Å². The van der Waals surface area contributed by atoms with Crippen molar-refractivity contribution in [2.45, 2.75) is 20.3 Å². The first-order valence-corrected chi connectivity index (χ1v) is 8.19. The summed E-state index contributed by atoms with van der Waals surface area (Å²) in [6, 6.07) is 3.83. The lowest BCUT2D eigenvalue weighted by atomic mass is 9.89. The number of nitrogens with zero attached hydrogens (tertiary/aromatic N) is 4. The van der Waals surface area contributed by atoms with Crippen LogP contribution in [-0.4, -0.2) is 53.5 Å². The van der Waals surface area contributed by atoms with E-state index in [1.54, 1.807) is 19.5 Å². The third kappa shape index (κ3) is 3.12. The minimum atomic E-state index is -0.211. The maximum absolute atomic E-state index is 9.82. The van der Waals surface area contributed by atoms with Gasteiger partial charge in [0.2, 0.25) is 0 Å². The summed E-state index contributed by atoms with van der Waals surface area (Å²) in [4.78, 5) is 15.7. The molecule has 24 heavy (non-hydrogen) atoms. The Morgan fingerprint density at radius 3 is 2.67 bits per heavy atom. The highest BCUT2D eigenvalue weighted by molar-refractivity contribution is 5.60. The van der Waals surface area contributed by atoms with E-state index >= 15 is 0 Å². The molecule has 128 valence electrons. The molecule has 0 aliphatic carbocycles. The Balaban J connectivity index is 1.95. The maximum Gasteiger partial charge on any atom is 0.161 e. The number of aryl methyl sites for hydroxylation is 1. The summed E-state index contributed by atoms with van der Waals surface area (Å²) >= 11 is 0. The minimum Gasteiger partial charge on any atom is -0.396 e. The van der Waals surface area contributed by atoms with Gasteiger partial charge in [0.1, 0.15) is 5.82 Å². The molecule has 3 rings (SSSR count). The van der Waals surface area contributed by atoms with Crippen molar-refractivity contribution in [3.8, 4) is 11.4 Å². The number of hydrogen-bond acceptors (Lipinski definition) is 6. The number of ether oxygens (including phenoxy) is 1. The molecule has 0 amide bonds. The molecule has 1 fully saturated rings. The van der Waals surface area contributed by atoms with E-state index in [0.717, 1.165) is 42.1 Å². The lowest BCUT2D eigenvalue weighted by Gasteiger charge is -2.27. The van der Waals surface area contributed by atoms with Crippen molar-refractivity contribution in [1.82, 2.24) is 15.0 Å².